The number of halogens is 2. The molecule has 1 heterocycles. The van der Waals surface area contributed by atoms with Crippen molar-refractivity contribution in [2.45, 2.75) is 18.0 Å². The van der Waals surface area contributed by atoms with Crippen molar-refractivity contribution < 1.29 is 12.8 Å². The first-order chi connectivity index (χ1) is 9.44. The van der Waals surface area contributed by atoms with Gasteiger partial charge in [-0.3, -0.25) is 0 Å². The minimum absolute atomic E-state index is 0.0100. The molecular formula is C11H11ClFN3O2S2. The summed E-state index contributed by atoms with van der Waals surface area (Å²) in [4.78, 5) is 3.43. The smallest absolute Gasteiger partial charge is 0.243 e. The van der Waals surface area contributed by atoms with E-state index in [9.17, 15) is 12.8 Å². The van der Waals surface area contributed by atoms with E-state index in [0.29, 0.717) is 5.01 Å². The normalized spacial score (nSPS) is 11.8. The lowest BCUT2D eigenvalue weighted by Gasteiger charge is -2.09. The Morgan fingerprint density at radius 1 is 1.45 bits per heavy atom. The number of thiazole rings is 1. The van der Waals surface area contributed by atoms with Gasteiger partial charge in [0.2, 0.25) is 10.0 Å². The van der Waals surface area contributed by atoms with Gasteiger partial charge in [-0.25, -0.2) is 22.5 Å². The molecule has 108 valence electrons. The van der Waals surface area contributed by atoms with Crippen LogP contribution in [0, 0.1) is 5.82 Å². The molecule has 0 bridgehead atoms. The molecule has 0 saturated carbocycles. The van der Waals surface area contributed by atoms with E-state index in [1.54, 1.807) is 11.6 Å². The van der Waals surface area contributed by atoms with Crippen LogP contribution < -0.4 is 10.5 Å². The summed E-state index contributed by atoms with van der Waals surface area (Å²) in [5.41, 5.74) is 5.41. The average molecular weight is 336 g/mol. The van der Waals surface area contributed by atoms with Gasteiger partial charge >= 0.3 is 0 Å². The summed E-state index contributed by atoms with van der Waals surface area (Å²) >= 11 is 7.08. The number of nitrogens with two attached hydrogens (primary N) is 1. The second kappa shape index (κ2) is 6.15. The Morgan fingerprint density at radius 2 is 2.20 bits per heavy atom. The van der Waals surface area contributed by atoms with Crippen molar-refractivity contribution in [3.8, 4) is 0 Å². The number of nitrogens with one attached hydrogen (secondary N) is 1. The predicted octanol–water partition coefficient (Wildman–Crippen LogP) is 1.87. The monoisotopic (exact) mass is 335 g/mol. The molecule has 2 rings (SSSR count). The summed E-state index contributed by atoms with van der Waals surface area (Å²) in [6, 6.07) is 2.36. The largest absolute Gasteiger partial charge is 0.326 e. The number of hydrogen-bond donors (Lipinski definition) is 2. The molecule has 0 fully saturated rings. The molecule has 5 nitrogen and oxygen atoms in total. The zero-order valence-corrected chi connectivity index (χ0v) is 12.5. The van der Waals surface area contributed by atoms with Gasteiger partial charge in [-0.1, -0.05) is 11.6 Å². The van der Waals surface area contributed by atoms with Crippen LogP contribution in [-0.4, -0.2) is 13.4 Å². The van der Waals surface area contributed by atoms with Crippen LogP contribution in [0.5, 0.6) is 0 Å². The minimum atomic E-state index is -4.02. The average Bonchev–Trinajstić information content (AvgIpc) is 2.92. The lowest BCUT2D eigenvalue weighted by Crippen LogP contribution is -2.24. The predicted molar refractivity (Wildman–Crippen MR) is 75.4 cm³/mol. The molecule has 20 heavy (non-hydrogen) atoms. The molecule has 0 unspecified atom stereocenters. The molecule has 0 amide bonds. The molecular weight excluding hydrogens is 325 g/mol. The van der Waals surface area contributed by atoms with E-state index in [2.05, 4.69) is 9.71 Å². The highest BCUT2D eigenvalue weighted by Crippen LogP contribution is 2.23. The lowest BCUT2D eigenvalue weighted by atomic mass is 10.2. The van der Waals surface area contributed by atoms with Crippen molar-refractivity contribution in [3.63, 3.8) is 0 Å². The van der Waals surface area contributed by atoms with Crippen LogP contribution in [-0.2, 0) is 23.1 Å². The van der Waals surface area contributed by atoms with E-state index < -0.39 is 20.7 Å². The molecule has 3 N–H and O–H groups in total. The van der Waals surface area contributed by atoms with Crippen molar-refractivity contribution in [2.75, 3.05) is 0 Å². The lowest BCUT2D eigenvalue weighted by molar-refractivity contribution is 0.549. The fourth-order valence-corrected chi connectivity index (χ4v) is 3.62. The zero-order chi connectivity index (χ0) is 14.8. The Kier molecular flexibility index (Phi) is 4.71. The molecule has 0 aliphatic rings. The molecule has 9 heteroatoms. The van der Waals surface area contributed by atoms with E-state index in [4.69, 9.17) is 17.3 Å². The third kappa shape index (κ3) is 3.33. The topological polar surface area (TPSA) is 85.1 Å². The van der Waals surface area contributed by atoms with Gasteiger partial charge < -0.3 is 5.73 Å². The molecule has 0 atom stereocenters. The highest BCUT2D eigenvalue weighted by molar-refractivity contribution is 7.89. The SMILES string of the molecule is NCc1cc(Cl)cc(S(=O)(=O)NCc2nccs2)c1F. The van der Waals surface area contributed by atoms with E-state index in [1.165, 1.54) is 17.4 Å². The van der Waals surface area contributed by atoms with E-state index >= 15 is 0 Å². The van der Waals surface area contributed by atoms with Crippen molar-refractivity contribution in [1.82, 2.24) is 9.71 Å². The Bertz CT molecular complexity index is 705. The van der Waals surface area contributed by atoms with Crippen molar-refractivity contribution in [1.29, 1.82) is 0 Å². The van der Waals surface area contributed by atoms with E-state index in [1.807, 2.05) is 0 Å². The summed E-state index contributed by atoms with van der Waals surface area (Å²) in [5.74, 6) is -0.886. The van der Waals surface area contributed by atoms with E-state index in [0.717, 1.165) is 6.07 Å². The second-order valence-corrected chi connectivity index (χ2v) is 6.98. The number of rotatable bonds is 5. The minimum Gasteiger partial charge on any atom is -0.326 e. The second-order valence-electron chi connectivity index (χ2n) is 3.83. The maximum atomic E-state index is 14.0. The summed E-state index contributed by atoms with van der Waals surface area (Å²) in [6.07, 6.45) is 1.56. The van der Waals surface area contributed by atoms with Crippen LogP contribution in [0.2, 0.25) is 5.02 Å². The van der Waals surface area contributed by atoms with Gasteiger partial charge in [-0.05, 0) is 12.1 Å². The maximum absolute atomic E-state index is 14.0. The van der Waals surface area contributed by atoms with Crippen LogP contribution >= 0.6 is 22.9 Å². The van der Waals surface area contributed by atoms with Crippen LogP contribution in [0.15, 0.2) is 28.6 Å². The summed E-state index contributed by atoms with van der Waals surface area (Å²) in [6.45, 7) is -0.148. The van der Waals surface area contributed by atoms with Gasteiger partial charge in [0.05, 0.1) is 6.54 Å². The van der Waals surface area contributed by atoms with Gasteiger partial charge in [-0.2, -0.15) is 0 Å². The Labute approximate surface area is 124 Å². The highest BCUT2D eigenvalue weighted by Gasteiger charge is 2.22. The van der Waals surface area contributed by atoms with Crippen LogP contribution in [0.3, 0.4) is 0 Å². The third-order valence-electron chi connectivity index (χ3n) is 2.49. The number of nitrogens with zero attached hydrogens (tertiary/aromatic N) is 1. The van der Waals surface area contributed by atoms with E-state index in [-0.39, 0.29) is 23.7 Å². The molecule has 0 saturated heterocycles. The fourth-order valence-electron chi connectivity index (χ4n) is 1.54. The fraction of sp³-hybridized carbons (Fsp3) is 0.182. The molecule has 1 aromatic carbocycles. The first-order valence-electron chi connectivity index (χ1n) is 5.50. The van der Waals surface area contributed by atoms with Gasteiger partial charge in [0.15, 0.2) is 0 Å². The first-order valence-corrected chi connectivity index (χ1v) is 8.24. The van der Waals surface area contributed by atoms with Gasteiger partial charge in [0.25, 0.3) is 0 Å². The summed E-state index contributed by atoms with van der Waals surface area (Å²) in [7, 11) is -4.02. The van der Waals surface area contributed by atoms with Gasteiger partial charge in [0.1, 0.15) is 15.7 Å². The number of benzene rings is 1. The van der Waals surface area contributed by atoms with Crippen LogP contribution in [0.1, 0.15) is 10.6 Å². The van der Waals surface area contributed by atoms with Crippen molar-refractivity contribution >= 4 is 33.0 Å². The van der Waals surface area contributed by atoms with Crippen molar-refractivity contribution in [3.05, 3.63) is 45.1 Å². The zero-order valence-electron chi connectivity index (χ0n) is 10.1. The van der Waals surface area contributed by atoms with Gasteiger partial charge in [0, 0.05) is 28.7 Å². The number of aromatic nitrogens is 1. The summed E-state index contributed by atoms with van der Waals surface area (Å²) in [5, 5.41) is 2.41. The number of hydrogen-bond acceptors (Lipinski definition) is 5. The highest BCUT2D eigenvalue weighted by atomic mass is 35.5. The first kappa shape index (κ1) is 15.3. The van der Waals surface area contributed by atoms with Crippen molar-refractivity contribution in [2.24, 2.45) is 5.73 Å². The van der Waals surface area contributed by atoms with Crippen LogP contribution in [0.4, 0.5) is 4.39 Å². The molecule has 2 aromatic rings. The summed E-state index contributed by atoms with van der Waals surface area (Å²) < 4.78 is 40.5. The Morgan fingerprint density at radius 3 is 2.80 bits per heavy atom. The molecule has 0 radical (unpaired) electrons. The number of sulfonamides is 1. The van der Waals surface area contributed by atoms with Gasteiger partial charge in [-0.15, -0.1) is 11.3 Å². The van der Waals surface area contributed by atoms with Crippen LogP contribution in [0.25, 0.3) is 0 Å². The maximum Gasteiger partial charge on any atom is 0.243 e. The Balaban J connectivity index is 2.31. The Hall–Kier alpha value is -1.06. The standard InChI is InChI=1S/C11H11ClFN3O2S2/c12-8-3-7(5-14)11(13)9(4-8)20(17,18)16-6-10-15-1-2-19-10/h1-4,16H,5-6,14H2. The molecule has 1 aromatic heterocycles. The molecule has 0 aliphatic carbocycles. The molecule has 0 spiro atoms. The quantitative estimate of drug-likeness (QED) is 0.873. The molecule has 0 aliphatic heterocycles. The third-order valence-corrected chi connectivity index (χ3v) is 4.88.